The van der Waals surface area contributed by atoms with Crippen molar-refractivity contribution in [2.24, 2.45) is 0 Å². The van der Waals surface area contributed by atoms with Gasteiger partial charge in [-0.05, 0) is 5.04 Å². The van der Waals surface area contributed by atoms with Crippen LogP contribution >= 0.6 is 13.6 Å². The van der Waals surface area contributed by atoms with Gasteiger partial charge in [0, 0.05) is 0 Å². The minimum atomic E-state index is -1.46. The molecular weight excluding hydrogens is 269 g/mol. The summed E-state index contributed by atoms with van der Waals surface area (Å²) in [6, 6.07) is 0. The van der Waals surface area contributed by atoms with Crippen molar-refractivity contribution in [1.29, 1.82) is 0 Å². The Hall–Kier alpha value is 0.880. The van der Waals surface area contributed by atoms with Crippen molar-refractivity contribution in [3.63, 3.8) is 0 Å². The molecule has 0 aromatic heterocycles. The summed E-state index contributed by atoms with van der Waals surface area (Å²) in [4.78, 5) is 0. The second-order valence-corrected chi connectivity index (χ2v) is 9.00. The van der Waals surface area contributed by atoms with E-state index >= 15 is 0 Å². The maximum atomic E-state index is 7.07. The Morgan fingerprint density at radius 1 is 1.27 bits per heavy atom. The van der Waals surface area contributed by atoms with E-state index in [0.717, 1.165) is 0 Å². The zero-order valence-corrected chi connectivity index (χ0v) is 13.6. The normalized spacial score (nSPS) is 11.2. The summed E-state index contributed by atoms with van der Waals surface area (Å²) < 4.78 is 0. The molecule has 0 radical (unpaired) electrons. The Balaban J connectivity index is 0. The zero-order chi connectivity index (χ0) is 9.71. The van der Waals surface area contributed by atoms with Crippen molar-refractivity contribution < 1.29 is 16.3 Å². The molecule has 0 aromatic rings. The molecule has 0 fully saturated rings. The molecule has 0 nitrogen and oxygen atoms in total. The Morgan fingerprint density at radius 3 is 1.55 bits per heavy atom. The van der Waals surface area contributed by atoms with Gasteiger partial charge in [-0.3, -0.25) is 0 Å². The summed E-state index contributed by atoms with van der Waals surface area (Å²) >= 11 is 4.25. The first-order chi connectivity index (χ1) is 4.81. The van der Waals surface area contributed by atoms with Gasteiger partial charge >= 0.3 is 30.0 Å². The van der Waals surface area contributed by atoms with Crippen LogP contribution in [0.25, 0.3) is 0 Å². The van der Waals surface area contributed by atoms with E-state index in [-0.39, 0.29) is 5.04 Å². The molecule has 60 valence electrons. The first-order valence-electron chi connectivity index (χ1n) is 3.52. The molecule has 3 heteroatoms. The molecule has 0 unspecified atom stereocenters. The van der Waals surface area contributed by atoms with Gasteiger partial charge in [0.15, 0.2) is 0 Å². The van der Waals surface area contributed by atoms with Crippen molar-refractivity contribution in [1.82, 2.24) is 0 Å². The van der Waals surface area contributed by atoms with Crippen LogP contribution in [0.1, 0.15) is 20.8 Å². The third-order valence-corrected chi connectivity index (χ3v) is 6.56. The predicted molar refractivity (Wildman–Crippen MR) is 53.3 cm³/mol. The van der Waals surface area contributed by atoms with E-state index in [9.17, 15) is 0 Å². The third kappa shape index (κ3) is 5.17. The van der Waals surface area contributed by atoms with Gasteiger partial charge in [-0.1, -0.05) is 33.9 Å². The first-order valence-corrected chi connectivity index (χ1v) is 13.5. The molecule has 0 bridgehead atoms. The van der Waals surface area contributed by atoms with Crippen molar-refractivity contribution >= 4 is 21.7 Å². The van der Waals surface area contributed by atoms with E-state index in [1.807, 2.05) is 0 Å². The van der Waals surface area contributed by atoms with Crippen molar-refractivity contribution in [2.75, 3.05) is 0 Å². The van der Waals surface area contributed by atoms with Crippen molar-refractivity contribution in [3.8, 4) is 5.54 Å². The topological polar surface area (TPSA) is 0 Å². The summed E-state index contributed by atoms with van der Waals surface area (Å²) in [5, 5.41) is 0.286. The Kier molecular flexibility index (Phi) is 7.22. The van der Waals surface area contributed by atoms with E-state index in [1.165, 1.54) is 16.3 Å². The van der Waals surface area contributed by atoms with E-state index in [0.29, 0.717) is 0 Å². The van der Waals surface area contributed by atoms with Crippen LogP contribution in [0.5, 0.6) is 0 Å². The van der Waals surface area contributed by atoms with Crippen molar-refractivity contribution in [2.45, 2.75) is 38.9 Å². The van der Waals surface area contributed by atoms with Crippen LogP contribution in [-0.4, -0.2) is 8.07 Å². The van der Waals surface area contributed by atoms with Crippen LogP contribution in [0, 0.1) is 12.0 Å². The van der Waals surface area contributed by atoms with Crippen LogP contribution in [0.15, 0.2) is 0 Å². The van der Waals surface area contributed by atoms with Crippen molar-refractivity contribution in [3.05, 3.63) is 6.42 Å². The standard InChI is InChI=1S/C8H15Si.BrH.Zn/c1-7-9(5,6)8(2,3)4;;/h2-6H3;1H;/q-1;;+2/p-1. The molecule has 0 spiro atoms. The Labute approximate surface area is 88.6 Å². The van der Waals surface area contributed by atoms with Gasteiger partial charge < -0.3 is 12.0 Å². The summed E-state index contributed by atoms with van der Waals surface area (Å²) in [6.07, 6.45) is 7.07. The Bertz CT molecular complexity index is 141. The molecule has 0 saturated carbocycles. The van der Waals surface area contributed by atoms with E-state index in [4.69, 9.17) is 6.42 Å². The van der Waals surface area contributed by atoms with Gasteiger partial charge in [0.1, 0.15) is 0 Å². The first kappa shape index (κ1) is 14.4. The average molecular weight is 285 g/mol. The van der Waals surface area contributed by atoms with E-state index in [2.05, 4.69) is 53.0 Å². The predicted octanol–water partition coefficient (Wildman–Crippen LogP) is 3.47. The number of hydrogen-bond donors (Lipinski definition) is 0. The fraction of sp³-hybridized carbons (Fsp3) is 0.750. The molecule has 0 atom stereocenters. The fourth-order valence-corrected chi connectivity index (χ4v) is 0.562. The summed E-state index contributed by atoms with van der Waals surface area (Å²) in [6.45, 7) is 10.9. The molecule has 0 aliphatic heterocycles. The summed E-state index contributed by atoms with van der Waals surface area (Å²) in [5.41, 5.74) is 2.67. The van der Waals surface area contributed by atoms with E-state index < -0.39 is 8.07 Å². The molecule has 0 heterocycles. The molecule has 0 saturated heterocycles. The zero-order valence-electron chi connectivity index (χ0n) is 8.09. The van der Waals surface area contributed by atoms with Crippen LogP contribution in [0.4, 0.5) is 0 Å². The average Bonchev–Trinajstić information content (AvgIpc) is 1.90. The SMILES string of the molecule is [C-]#C[Si](C)(C)C(C)(C)C.[Zn+][Br]. The molecule has 0 aliphatic rings. The van der Waals surface area contributed by atoms with Gasteiger partial charge in [0.05, 0.1) is 8.07 Å². The summed E-state index contributed by atoms with van der Waals surface area (Å²) in [7, 11) is -1.46. The fourth-order valence-electron chi connectivity index (χ4n) is 0.188. The molecule has 0 aromatic carbocycles. The number of rotatable bonds is 0. The van der Waals surface area contributed by atoms with Gasteiger partial charge in [0.25, 0.3) is 0 Å². The molecule has 0 N–H and O–H groups in total. The second-order valence-electron chi connectivity index (χ2n) is 4.00. The van der Waals surface area contributed by atoms with Crippen LogP contribution in [-0.2, 0) is 16.3 Å². The second kappa shape index (κ2) is 5.51. The molecule has 0 aliphatic carbocycles. The molecule has 11 heavy (non-hydrogen) atoms. The van der Waals surface area contributed by atoms with Gasteiger partial charge in [0.2, 0.25) is 0 Å². The van der Waals surface area contributed by atoms with Crippen LogP contribution in [0.2, 0.25) is 18.1 Å². The summed E-state index contributed by atoms with van der Waals surface area (Å²) in [5.74, 6) is 0. The van der Waals surface area contributed by atoms with Gasteiger partial charge in [-0.25, -0.2) is 0 Å². The van der Waals surface area contributed by atoms with E-state index in [1.54, 1.807) is 0 Å². The van der Waals surface area contributed by atoms with Gasteiger partial charge in [-0.15, -0.1) is 0 Å². The monoisotopic (exact) mass is 282 g/mol. The minimum absolute atomic E-state index is 0.286. The van der Waals surface area contributed by atoms with Crippen LogP contribution < -0.4 is 0 Å². The third-order valence-electron chi connectivity index (χ3n) is 2.19. The molecule has 0 rings (SSSR count). The van der Waals surface area contributed by atoms with Gasteiger partial charge in [-0.2, -0.15) is 0 Å². The Morgan fingerprint density at radius 2 is 1.55 bits per heavy atom. The number of hydrogen-bond acceptors (Lipinski definition) is 0. The van der Waals surface area contributed by atoms with Crippen LogP contribution in [0.3, 0.4) is 0 Å². The molecular formula is C8H15BrSiZn. The quantitative estimate of drug-likeness (QED) is 0.363. The number of halogens is 1. The maximum absolute atomic E-state index is 7.07. The molecule has 0 amide bonds.